The van der Waals surface area contributed by atoms with Crippen LogP contribution in [0, 0.1) is 5.92 Å². The maximum absolute atomic E-state index is 11.9. The molecule has 3 rings (SSSR count). The molecule has 1 aliphatic heterocycles. The molecule has 20 heavy (non-hydrogen) atoms. The second-order valence-corrected chi connectivity index (χ2v) is 4.79. The molecular formula is C11H14N6O3. The first-order valence-corrected chi connectivity index (χ1v) is 6.53. The summed E-state index contributed by atoms with van der Waals surface area (Å²) in [7, 11) is 0. The number of hydrogen-bond donors (Lipinski definition) is 1. The van der Waals surface area contributed by atoms with Gasteiger partial charge in [0.2, 0.25) is 0 Å². The third kappa shape index (κ3) is 2.51. The molecule has 1 saturated carbocycles. The van der Waals surface area contributed by atoms with E-state index in [1.54, 1.807) is 0 Å². The van der Waals surface area contributed by atoms with Crippen LogP contribution in [0.4, 0.5) is 4.79 Å². The van der Waals surface area contributed by atoms with Crippen molar-refractivity contribution in [2.45, 2.75) is 37.9 Å². The summed E-state index contributed by atoms with van der Waals surface area (Å²) in [6, 6.07) is 1.44. The predicted octanol–water partition coefficient (Wildman–Crippen LogP) is 2.83. The molecule has 1 aliphatic carbocycles. The van der Waals surface area contributed by atoms with E-state index >= 15 is 0 Å². The van der Waals surface area contributed by atoms with E-state index in [0.717, 1.165) is 25.7 Å². The second-order valence-electron chi connectivity index (χ2n) is 4.79. The van der Waals surface area contributed by atoms with Crippen molar-refractivity contribution in [3.8, 4) is 5.88 Å². The van der Waals surface area contributed by atoms with E-state index in [1.165, 1.54) is 18.8 Å². The summed E-state index contributed by atoms with van der Waals surface area (Å²) in [5, 5.41) is 21.2. The Kier molecular flexibility index (Phi) is 3.40. The van der Waals surface area contributed by atoms with Crippen molar-refractivity contribution in [2.75, 3.05) is 0 Å². The highest BCUT2D eigenvalue weighted by molar-refractivity contribution is 5.70. The monoisotopic (exact) mass is 278 g/mol. The van der Waals surface area contributed by atoms with Crippen LogP contribution in [0.25, 0.3) is 0 Å². The summed E-state index contributed by atoms with van der Waals surface area (Å²) in [5.74, 6) is -0.981. The molecule has 0 aromatic carbocycles. The minimum atomic E-state index is -1.14. The van der Waals surface area contributed by atoms with Gasteiger partial charge in [-0.15, -0.1) is 10.2 Å². The normalized spacial score (nSPS) is 21.0. The highest BCUT2D eigenvalue weighted by atomic mass is 16.6. The number of aromatic nitrogens is 1. The Hall–Kier alpha value is -2.32. The lowest BCUT2D eigenvalue weighted by atomic mass is 9.84. The van der Waals surface area contributed by atoms with Crippen LogP contribution in [-0.2, 0) is 0 Å². The third-order valence-corrected chi connectivity index (χ3v) is 3.51. The Labute approximate surface area is 114 Å². The molecule has 0 atom stereocenters. The van der Waals surface area contributed by atoms with E-state index in [2.05, 4.69) is 35.7 Å². The van der Waals surface area contributed by atoms with Gasteiger partial charge in [0.25, 0.3) is 11.7 Å². The summed E-state index contributed by atoms with van der Waals surface area (Å²) in [4.78, 5) is 11.9. The van der Waals surface area contributed by atoms with Gasteiger partial charge in [-0.05, 0) is 28.4 Å². The molecule has 2 aliphatic rings. The van der Waals surface area contributed by atoms with E-state index in [4.69, 9.17) is 4.74 Å². The fourth-order valence-electron chi connectivity index (χ4n) is 2.54. The number of rotatable bonds is 3. The van der Waals surface area contributed by atoms with E-state index in [-0.39, 0.29) is 11.8 Å². The van der Waals surface area contributed by atoms with E-state index < -0.39 is 11.9 Å². The molecular weight excluding hydrogens is 264 g/mol. The predicted molar refractivity (Wildman–Crippen MR) is 64.7 cm³/mol. The van der Waals surface area contributed by atoms with Gasteiger partial charge in [-0.3, -0.25) is 5.32 Å². The van der Waals surface area contributed by atoms with Gasteiger partial charge in [0.1, 0.15) is 6.26 Å². The molecule has 2 heterocycles. The Morgan fingerprint density at radius 2 is 2.05 bits per heavy atom. The van der Waals surface area contributed by atoms with E-state index in [1.807, 2.05) is 0 Å². The molecule has 0 spiro atoms. The number of carbonyl (C=O) groups is 1. The van der Waals surface area contributed by atoms with E-state index in [9.17, 15) is 4.79 Å². The van der Waals surface area contributed by atoms with Gasteiger partial charge >= 0.3 is 6.09 Å². The molecule has 1 amide bonds. The fraction of sp³-hybridized carbons (Fsp3) is 0.636. The Bertz CT molecular complexity index is 508. The van der Waals surface area contributed by atoms with Crippen LogP contribution in [0.1, 0.15) is 32.1 Å². The highest BCUT2D eigenvalue weighted by Gasteiger charge is 2.44. The zero-order valence-electron chi connectivity index (χ0n) is 10.7. The molecule has 1 aromatic rings. The molecule has 0 bridgehead atoms. The lowest BCUT2D eigenvalue weighted by Gasteiger charge is -2.32. The number of carbonyl (C=O) groups excluding carboxylic acids is 1. The van der Waals surface area contributed by atoms with Crippen molar-refractivity contribution in [3.05, 3.63) is 12.3 Å². The van der Waals surface area contributed by atoms with Crippen LogP contribution in [0.3, 0.4) is 0 Å². The van der Waals surface area contributed by atoms with Gasteiger partial charge in [-0.25, -0.2) is 4.79 Å². The molecule has 1 fully saturated rings. The van der Waals surface area contributed by atoms with Crippen molar-refractivity contribution in [1.29, 1.82) is 0 Å². The summed E-state index contributed by atoms with van der Waals surface area (Å²) in [5.41, 5.74) is 0. The molecule has 106 valence electrons. The lowest BCUT2D eigenvalue weighted by Crippen LogP contribution is -2.51. The van der Waals surface area contributed by atoms with Crippen molar-refractivity contribution in [3.63, 3.8) is 0 Å². The van der Waals surface area contributed by atoms with Crippen LogP contribution in [0.15, 0.2) is 37.5 Å². The van der Waals surface area contributed by atoms with Crippen molar-refractivity contribution in [2.24, 2.45) is 26.6 Å². The number of amides is 1. The number of nitrogens with one attached hydrogen (secondary N) is 1. The van der Waals surface area contributed by atoms with E-state index in [0.29, 0.717) is 0 Å². The first kappa shape index (κ1) is 12.7. The minimum Gasteiger partial charge on any atom is -0.388 e. The first-order chi connectivity index (χ1) is 9.78. The summed E-state index contributed by atoms with van der Waals surface area (Å²) >= 11 is 0. The maximum atomic E-state index is 11.9. The van der Waals surface area contributed by atoms with Gasteiger partial charge < -0.3 is 9.26 Å². The number of hydrogen-bond acceptors (Lipinski definition) is 8. The Morgan fingerprint density at radius 3 is 2.70 bits per heavy atom. The Morgan fingerprint density at radius 1 is 1.30 bits per heavy atom. The zero-order valence-corrected chi connectivity index (χ0v) is 10.7. The summed E-state index contributed by atoms with van der Waals surface area (Å²) < 4.78 is 9.56. The van der Waals surface area contributed by atoms with Crippen LogP contribution in [0.5, 0.6) is 5.88 Å². The standard InChI is InChI=1S/C11H14N6O3/c18-10(20-9-6-7-19-13-9)12-11(14-16-17-15-11)8-4-2-1-3-5-8/h6-8H,1-5H2,(H,12,18). The summed E-state index contributed by atoms with van der Waals surface area (Å²) in [6.45, 7) is 0. The van der Waals surface area contributed by atoms with Gasteiger partial charge in [-0.2, -0.15) is 0 Å². The van der Waals surface area contributed by atoms with Crippen molar-refractivity contribution in [1.82, 2.24) is 10.5 Å². The molecule has 1 aromatic heterocycles. The topological polar surface area (TPSA) is 114 Å². The molecule has 9 heteroatoms. The first-order valence-electron chi connectivity index (χ1n) is 6.53. The van der Waals surface area contributed by atoms with Crippen LogP contribution < -0.4 is 10.1 Å². The third-order valence-electron chi connectivity index (χ3n) is 3.51. The molecule has 0 radical (unpaired) electrons. The molecule has 0 unspecified atom stereocenters. The number of nitrogens with zero attached hydrogens (tertiary/aromatic N) is 5. The Balaban J connectivity index is 1.69. The molecule has 9 nitrogen and oxygen atoms in total. The fourth-order valence-corrected chi connectivity index (χ4v) is 2.54. The lowest BCUT2D eigenvalue weighted by molar-refractivity contribution is 0.144. The maximum Gasteiger partial charge on any atom is 0.417 e. The SMILES string of the molecule is O=C(NC1(C2CCCCC2)N=NN=N1)Oc1ccon1. The second kappa shape index (κ2) is 5.35. The largest absolute Gasteiger partial charge is 0.417 e. The van der Waals surface area contributed by atoms with Gasteiger partial charge in [0.05, 0.1) is 0 Å². The number of ether oxygens (including phenoxy) is 1. The van der Waals surface area contributed by atoms with Crippen LogP contribution in [-0.4, -0.2) is 17.0 Å². The van der Waals surface area contributed by atoms with Crippen LogP contribution >= 0.6 is 0 Å². The molecule has 1 N–H and O–H groups in total. The zero-order chi connectivity index (χ0) is 13.8. The van der Waals surface area contributed by atoms with Crippen molar-refractivity contribution >= 4 is 6.09 Å². The van der Waals surface area contributed by atoms with Gasteiger partial charge in [-0.1, -0.05) is 19.3 Å². The highest BCUT2D eigenvalue weighted by Crippen LogP contribution is 2.37. The molecule has 0 saturated heterocycles. The minimum absolute atomic E-state index is 0.0770. The quantitative estimate of drug-likeness (QED) is 0.915. The average molecular weight is 278 g/mol. The van der Waals surface area contributed by atoms with Gasteiger partial charge in [0.15, 0.2) is 0 Å². The average Bonchev–Trinajstić information content (AvgIpc) is 3.12. The van der Waals surface area contributed by atoms with Crippen molar-refractivity contribution < 1.29 is 14.1 Å². The van der Waals surface area contributed by atoms with Gasteiger partial charge in [0, 0.05) is 12.0 Å². The smallest absolute Gasteiger partial charge is 0.388 e. The summed E-state index contributed by atoms with van der Waals surface area (Å²) in [6.07, 6.45) is 5.79. The van der Waals surface area contributed by atoms with Crippen LogP contribution in [0.2, 0.25) is 0 Å².